The van der Waals surface area contributed by atoms with Gasteiger partial charge in [-0.15, -0.1) is 0 Å². The number of hydrogen-bond acceptors (Lipinski definition) is 4. The minimum absolute atomic E-state index is 0.214. The molecule has 8 fully saturated rings. The SMILES string of the molecule is Cc1cc(O)c(N)cc1C12CC3CC(C1)CC(C14CC5CC(CC(c6cc(N)c(O)cc6C)(C5)C1)C4)(C3)C2. The highest BCUT2D eigenvalue weighted by molar-refractivity contribution is 5.59. The van der Waals surface area contributed by atoms with E-state index in [9.17, 15) is 10.2 Å². The van der Waals surface area contributed by atoms with Crippen molar-refractivity contribution < 1.29 is 10.2 Å². The van der Waals surface area contributed by atoms with Crippen LogP contribution in [0, 0.1) is 48.3 Å². The van der Waals surface area contributed by atoms with Crippen molar-refractivity contribution >= 4 is 11.4 Å². The molecule has 8 saturated carbocycles. The smallest absolute Gasteiger partial charge is 0.138 e. The maximum Gasteiger partial charge on any atom is 0.138 e. The summed E-state index contributed by atoms with van der Waals surface area (Å²) in [6.45, 7) is 4.38. The van der Waals surface area contributed by atoms with E-state index in [4.69, 9.17) is 11.5 Å². The Balaban J connectivity index is 1.25. The van der Waals surface area contributed by atoms with E-state index in [0.29, 0.717) is 22.2 Å². The van der Waals surface area contributed by atoms with Gasteiger partial charge in [-0.2, -0.15) is 0 Å². The molecule has 0 saturated heterocycles. The second-order valence-corrected chi connectivity index (χ2v) is 15.5. The monoisotopic (exact) mass is 512 g/mol. The summed E-state index contributed by atoms with van der Waals surface area (Å²) in [7, 11) is 0. The maximum absolute atomic E-state index is 10.4. The molecule has 38 heavy (non-hydrogen) atoms. The van der Waals surface area contributed by atoms with Crippen molar-refractivity contribution in [3.8, 4) is 11.5 Å². The van der Waals surface area contributed by atoms with Crippen LogP contribution in [0.15, 0.2) is 24.3 Å². The first-order chi connectivity index (χ1) is 18.0. The van der Waals surface area contributed by atoms with E-state index in [1.807, 2.05) is 12.1 Å². The minimum Gasteiger partial charge on any atom is -0.506 e. The average molecular weight is 513 g/mol. The number of phenols is 2. The molecule has 6 N–H and O–H groups in total. The first-order valence-corrected chi connectivity index (χ1v) is 15.2. The predicted molar refractivity (Wildman–Crippen MR) is 152 cm³/mol. The summed E-state index contributed by atoms with van der Waals surface area (Å²) >= 11 is 0. The van der Waals surface area contributed by atoms with Gasteiger partial charge in [0.2, 0.25) is 0 Å². The van der Waals surface area contributed by atoms with Gasteiger partial charge in [0.1, 0.15) is 11.5 Å². The molecular weight excluding hydrogens is 468 g/mol. The van der Waals surface area contributed by atoms with Crippen LogP contribution in [0.5, 0.6) is 11.5 Å². The highest BCUT2D eigenvalue weighted by Gasteiger charge is 2.70. The van der Waals surface area contributed by atoms with Gasteiger partial charge in [-0.3, -0.25) is 0 Å². The van der Waals surface area contributed by atoms with Gasteiger partial charge in [0, 0.05) is 0 Å². The zero-order chi connectivity index (χ0) is 26.2. The second kappa shape index (κ2) is 7.23. The number of aromatic hydroxyl groups is 2. The topological polar surface area (TPSA) is 92.5 Å². The molecule has 4 atom stereocenters. The van der Waals surface area contributed by atoms with Crippen LogP contribution in [0.1, 0.15) is 99.3 Å². The number of aryl methyl sites for hydroxylation is 2. The summed E-state index contributed by atoms with van der Waals surface area (Å²) in [5.74, 6) is 3.75. The minimum atomic E-state index is 0.214. The average Bonchev–Trinajstić information content (AvgIpc) is 2.82. The van der Waals surface area contributed by atoms with Crippen LogP contribution in [0.2, 0.25) is 0 Å². The second-order valence-electron chi connectivity index (χ2n) is 15.5. The normalized spacial score (nSPS) is 44.2. The number of anilines is 2. The van der Waals surface area contributed by atoms with Crippen LogP contribution >= 0.6 is 0 Å². The van der Waals surface area contributed by atoms with Crippen LogP contribution in [0.4, 0.5) is 11.4 Å². The lowest BCUT2D eigenvalue weighted by Gasteiger charge is -2.74. The molecule has 0 heterocycles. The Morgan fingerprint density at radius 2 is 0.921 bits per heavy atom. The van der Waals surface area contributed by atoms with Crippen LogP contribution in [0.25, 0.3) is 0 Å². The molecule has 4 nitrogen and oxygen atoms in total. The molecule has 0 aliphatic heterocycles. The molecule has 202 valence electrons. The van der Waals surface area contributed by atoms with E-state index in [1.165, 1.54) is 99.3 Å². The first kappa shape index (κ1) is 23.5. The Labute approximate surface area is 227 Å². The van der Waals surface area contributed by atoms with Crippen LogP contribution < -0.4 is 11.5 Å². The van der Waals surface area contributed by atoms with E-state index < -0.39 is 0 Å². The third-order valence-electron chi connectivity index (χ3n) is 13.1. The largest absolute Gasteiger partial charge is 0.506 e. The molecule has 4 heteroatoms. The van der Waals surface area contributed by atoms with E-state index >= 15 is 0 Å². The lowest BCUT2D eigenvalue weighted by atomic mass is 9.30. The molecule has 2 aromatic rings. The fourth-order valence-corrected chi connectivity index (χ4v) is 13.0. The lowest BCUT2D eigenvalue weighted by Crippen LogP contribution is -2.66. The highest BCUT2D eigenvalue weighted by atomic mass is 16.3. The van der Waals surface area contributed by atoms with Crippen molar-refractivity contribution in [2.75, 3.05) is 11.5 Å². The first-order valence-electron chi connectivity index (χ1n) is 15.2. The van der Waals surface area contributed by atoms with Gasteiger partial charge in [0.05, 0.1) is 11.4 Å². The van der Waals surface area contributed by atoms with E-state index in [1.54, 1.807) is 0 Å². The molecule has 8 aliphatic carbocycles. The van der Waals surface area contributed by atoms with Gasteiger partial charge >= 0.3 is 0 Å². The third kappa shape index (κ3) is 2.93. The van der Waals surface area contributed by atoms with Gasteiger partial charge in [-0.05, 0) is 183 Å². The van der Waals surface area contributed by atoms with Crippen molar-refractivity contribution in [2.45, 2.75) is 102 Å². The predicted octanol–water partition coefficient (Wildman–Crippen LogP) is 7.26. The summed E-state index contributed by atoms with van der Waals surface area (Å²) < 4.78 is 0. The van der Waals surface area contributed by atoms with Crippen molar-refractivity contribution in [1.82, 2.24) is 0 Å². The maximum atomic E-state index is 10.4. The molecule has 0 aromatic heterocycles. The molecule has 0 spiro atoms. The van der Waals surface area contributed by atoms with Crippen molar-refractivity contribution in [1.29, 1.82) is 0 Å². The van der Waals surface area contributed by atoms with E-state index in [0.717, 1.165) is 23.7 Å². The summed E-state index contributed by atoms with van der Waals surface area (Å²) in [6.07, 6.45) is 16.3. The number of benzene rings is 2. The van der Waals surface area contributed by atoms with Gasteiger partial charge in [-0.25, -0.2) is 0 Å². The Kier molecular flexibility index (Phi) is 4.47. The molecule has 4 unspecified atom stereocenters. The summed E-state index contributed by atoms with van der Waals surface area (Å²) in [4.78, 5) is 0. The molecule has 8 aliphatic rings. The van der Waals surface area contributed by atoms with Gasteiger partial charge in [0.25, 0.3) is 0 Å². The number of nitrogens with two attached hydrogens (primary N) is 2. The van der Waals surface area contributed by atoms with Crippen molar-refractivity contribution in [2.24, 2.45) is 34.5 Å². The molecule has 2 aromatic carbocycles. The van der Waals surface area contributed by atoms with Crippen molar-refractivity contribution in [3.05, 3.63) is 46.5 Å². The molecule has 10 rings (SSSR count). The zero-order valence-corrected chi connectivity index (χ0v) is 23.2. The van der Waals surface area contributed by atoms with Gasteiger partial charge in [0.15, 0.2) is 0 Å². The number of rotatable bonds is 3. The third-order valence-corrected chi connectivity index (χ3v) is 13.1. The van der Waals surface area contributed by atoms with Crippen LogP contribution in [0.3, 0.4) is 0 Å². The standard InChI is InChI=1S/C34H44N2O2/c1-19-3-29(37)27(35)7-25(19)31-9-21-5-22(10-31)14-33(13-21,17-31)34-15-23-6-24(16-34)12-32(11-23,18-34)26-8-28(36)30(38)4-20(26)2/h3-4,7-8,21-24,37-38H,5-6,9-18,35-36H2,1-2H3. The Hall–Kier alpha value is -2.36. The fourth-order valence-electron chi connectivity index (χ4n) is 13.0. The summed E-state index contributed by atoms with van der Waals surface area (Å²) in [6, 6.07) is 8.14. The number of nitrogen functional groups attached to an aromatic ring is 2. The van der Waals surface area contributed by atoms with E-state index in [2.05, 4.69) is 26.0 Å². The van der Waals surface area contributed by atoms with Crippen LogP contribution in [-0.4, -0.2) is 10.2 Å². The fraction of sp³-hybridized carbons (Fsp3) is 0.647. The number of hydrogen-bond donors (Lipinski definition) is 4. The Morgan fingerprint density at radius 1 is 0.579 bits per heavy atom. The van der Waals surface area contributed by atoms with Gasteiger partial charge < -0.3 is 21.7 Å². The molecule has 0 amide bonds. The summed E-state index contributed by atoms with van der Waals surface area (Å²) in [5, 5.41) is 20.7. The zero-order valence-electron chi connectivity index (χ0n) is 23.2. The molecular formula is C34H44N2O2. The molecule has 8 bridgehead atoms. The lowest BCUT2D eigenvalue weighted by molar-refractivity contribution is -0.212. The Morgan fingerprint density at radius 3 is 1.26 bits per heavy atom. The molecule has 0 radical (unpaired) electrons. The summed E-state index contributed by atoms with van der Waals surface area (Å²) in [5.41, 5.74) is 20.3. The number of phenolic OH excluding ortho intramolecular Hbond substituents is 2. The van der Waals surface area contributed by atoms with E-state index in [-0.39, 0.29) is 22.3 Å². The van der Waals surface area contributed by atoms with Crippen molar-refractivity contribution in [3.63, 3.8) is 0 Å². The Bertz CT molecular complexity index is 1230. The highest BCUT2D eigenvalue weighted by Crippen LogP contribution is 2.79. The van der Waals surface area contributed by atoms with Gasteiger partial charge in [-0.1, -0.05) is 0 Å². The van der Waals surface area contributed by atoms with Crippen LogP contribution in [-0.2, 0) is 10.8 Å². The quantitative estimate of drug-likeness (QED) is 0.257.